The minimum Gasteiger partial charge on any atom is -0.403 e. The maximum Gasteiger partial charge on any atom is 0.315 e. The van der Waals surface area contributed by atoms with Crippen LogP contribution in [-0.4, -0.2) is 41.3 Å². The summed E-state index contributed by atoms with van der Waals surface area (Å²) in [5.74, 6) is -2.82. The van der Waals surface area contributed by atoms with Gasteiger partial charge in [-0.25, -0.2) is 13.2 Å². The van der Waals surface area contributed by atoms with Crippen LogP contribution < -0.4 is 10.6 Å². The van der Waals surface area contributed by atoms with Crippen molar-refractivity contribution < 1.29 is 17.6 Å². The molecule has 4 rings (SSSR count). The first-order valence-electron chi connectivity index (χ1n) is 10.5. The zero-order valence-corrected chi connectivity index (χ0v) is 19.5. The van der Waals surface area contributed by atoms with Gasteiger partial charge in [0.15, 0.2) is 11.6 Å². The van der Waals surface area contributed by atoms with Crippen LogP contribution in [0.1, 0.15) is 25.7 Å². The average Bonchev–Trinajstić information content (AvgIpc) is 3.45. The van der Waals surface area contributed by atoms with Crippen LogP contribution in [0.15, 0.2) is 34.7 Å². The summed E-state index contributed by atoms with van der Waals surface area (Å²) in [6, 6.07) is 6.87. The number of nitrogens with zero attached hydrogens (tertiary/aromatic N) is 3. The lowest BCUT2D eigenvalue weighted by molar-refractivity contribution is 0.331. The molecule has 0 radical (unpaired) electrons. The molecule has 1 fully saturated rings. The molecule has 0 aliphatic carbocycles. The first-order chi connectivity index (χ1) is 15.5. The van der Waals surface area contributed by atoms with Crippen molar-refractivity contribution in [1.82, 2.24) is 15.1 Å². The highest BCUT2D eigenvalue weighted by Crippen LogP contribution is 2.34. The highest BCUT2D eigenvalue weighted by molar-refractivity contribution is 14.1. The molecule has 32 heavy (non-hydrogen) atoms. The summed E-state index contributed by atoms with van der Waals surface area (Å²) in [7, 11) is 0. The number of hydrogen-bond donors (Lipinski definition) is 2. The first kappa shape index (κ1) is 22.8. The number of hydrogen-bond acceptors (Lipinski definition) is 6. The molecule has 1 aliphatic rings. The Hall–Kier alpha value is -2.34. The molecule has 0 unspecified atom stereocenters. The van der Waals surface area contributed by atoms with E-state index in [1.54, 1.807) is 6.07 Å². The summed E-state index contributed by atoms with van der Waals surface area (Å²) in [6.45, 7) is 4.09. The van der Waals surface area contributed by atoms with Crippen molar-refractivity contribution in [2.75, 3.05) is 36.8 Å². The van der Waals surface area contributed by atoms with Crippen molar-refractivity contribution in [2.45, 2.75) is 25.7 Å². The minimum absolute atomic E-state index is 0.00288. The number of aromatic nitrogens is 2. The van der Waals surface area contributed by atoms with Gasteiger partial charge in [0.05, 0.1) is 16.9 Å². The molecule has 2 N–H and O–H groups in total. The lowest BCUT2D eigenvalue weighted by Crippen LogP contribution is -2.20. The molecular weight excluding hydrogens is 534 g/mol. The van der Waals surface area contributed by atoms with E-state index in [9.17, 15) is 13.2 Å². The standard InChI is InChI=1S/C22H23F3IN5O/c23-16-7-6-15(20(19(16)25)28-18-8-5-14(26)13-17(18)24)21-29-30-22(32-21)27-9-1-2-10-31-11-3-4-12-31/h5-8,13,28H,1-4,9-12H2,(H,27,30). The van der Waals surface area contributed by atoms with Crippen LogP contribution in [0, 0.1) is 21.0 Å². The molecule has 0 saturated carbocycles. The van der Waals surface area contributed by atoms with E-state index >= 15 is 0 Å². The van der Waals surface area contributed by atoms with Gasteiger partial charge in [0.25, 0.3) is 5.89 Å². The SMILES string of the molecule is Fc1cc(I)ccc1Nc1c(-c2nnc(NCCCCN3CCCC3)o2)ccc(F)c1F. The molecule has 170 valence electrons. The van der Waals surface area contributed by atoms with Gasteiger partial charge in [-0.15, -0.1) is 5.10 Å². The third kappa shape index (κ3) is 5.52. The Balaban J connectivity index is 1.44. The van der Waals surface area contributed by atoms with Gasteiger partial charge >= 0.3 is 6.01 Å². The highest BCUT2D eigenvalue weighted by atomic mass is 127. The fraction of sp³-hybridized carbons (Fsp3) is 0.364. The summed E-state index contributed by atoms with van der Waals surface area (Å²) < 4.78 is 49.0. The topological polar surface area (TPSA) is 66.2 Å². The van der Waals surface area contributed by atoms with E-state index in [1.165, 1.54) is 44.1 Å². The summed E-state index contributed by atoms with van der Waals surface area (Å²) in [6.07, 6.45) is 4.56. The largest absolute Gasteiger partial charge is 0.403 e. The van der Waals surface area contributed by atoms with Crippen LogP contribution in [0.25, 0.3) is 11.5 Å². The zero-order valence-electron chi connectivity index (χ0n) is 17.3. The Kier molecular flexibility index (Phi) is 7.51. The Bertz CT molecular complexity index is 1070. The highest BCUT2D eigenvalue weighted by Gasteiger charge is 2.20. The molecule has 2 heterocycles. The Morgan fingerprint density at radius 3 is 2.59 bits per heavy atom. The number of rotatable bonds is 9. The molecule has 6 nitrogen and oxygen atoms in total. The summed E-state index contributed by atoms with van der Waals surface area (Å²) in [4.78, 5) is 2.46. The van der Waals surface area contributed by atoms with E-state index < -0.39 is 17.5 Å². The summed E-state index contributed by atoms with van der Waals surface area (Å²) in [5.41, 5.74) is -0.130. The minimum atomic E-state index is -1.16. The molecule has 1 saturated heterocycles. The van der Waals surface area contributed by atoms with Gasteiger partial charge in [0.1, 0.15) is 5.82 Å². The van der Waals surface area contributed by atoms with Crippen LogP contribution in [-0.2, 0) is 0 Å². The van der Waals surface area contributed by atoms with E-state index in [-0.39, 0.29) is 28.8 Å². The molecule has 1 aliphatic heterocycles. The molecule has 10 heteroatoms. The molecule has 0 amide bonds. The second kappa shape index (κ2) is 10.5. The van der Waals surface area contributed by atoms with Crippen LogP contribution >= 0.6 is 22.6 Å². The molecule has 1 aromatic heterocycles. The summed E-state index contributed by atoms with van der Waals surface area (Å²) >= 11 is 1.97. The fourth-order valence-electron chi connectivity index (χ4n) is 3.64. The van der Waals surface area contributed by atoms with Crippen molar-refractivity contribution in [2.24, 2.45) is 0 Å². The normalized spacial score (nSPS) is 14.1. The maximum atomic E-state index is 14.6. The van der Waals surface area contributed by atoms with E-state index in [2.05, 4.69) is 25.7 Å². The van der Waals surface area contributed by atoms with Crippen LogP contribution in [0.4, 0.5) is 30.6 Å². The second-order valence-corrected chi connectivity index (χ2v) is 8.87. The van der Waals surface area contributed by atoms with Crippen molar-refractivity contribution >= 4 is 40.0 Å². The second-order valence-electron chi connectivity index (χ2n) is 7.63. The van der Waals surface area contributed by atoms with Crippen LogP contribution in [0.3, 0.4) is 0 Å². The predicted octanol–water partition coefficient (Wildman–Crippen LogP) is 5.79. The van der Waals surface area contributed by atoms with Crippen LogP contribution in [0.5, 0.6) is 0 Å². The van der Waals surface area contributed by atoms with Gasteiger partial charge in [0.2, 0.25) is 0 Å². The van der Waals surface area contributed by atoms with Gasteiger partial charge < -0.3 is 20.0 Å². The van der Waals surface area contributed by atoms with Gasteiger partial charge in [-0.05, 0) is 98.2 Å². The zero-order chi connectivity index (χ0) is 22.5. The predicted molar refractivity (Wildman–Crippen MR) is 125 cm³/mol. The smallest absolute Gasteiger partial charge is 0.315 e. The fourth-order valence-corrected chi connectivity index (χ4v) is 4.10. The molecule has 0 atom stereocenters. The van der Waals surface area contributed by atoms with Crippen molar-refractivity contribution in [3.8, 4) is 11.5 Å². The van der Waals surface area contributed by atoms with Gasteiger partial charge in [-0.1, -0.05) is 5.10 Å². The summed E-state index contributed by atoms with van der Waals surface area (Å²) in [5, 5.41) is 13.6. The number of anilines is 3. The molecular formula is C22H23F3IN5O. The Morgan fingerprint density at radius 2 is 1.81 bits per heavy atom. The molecule has 0 spiro atoms. The first-order valence-corrected chi connectivity index (χ1v) is 11.6. The lowest BCUT2D eigenvalue weighted by Gasteiger charge is -2.13. The average molecular weight is 557 g/mol. The van der Waals surface area contributed by atoms with Crippen molar-refractivity contribution in [1.29, 1.82) is 0 Å². The van der Waals surface area contributed by atoms with Gasteiger partial charge in [-0.2, -0.15) is 0 Å². The van der Waals surface area contributed by atoms with E-state index in [4.69, 9.17) is 4.42 Å². The van der Waals surface area contributed by atoms with Crippen LogP contribution in [0.2, 0.25) is 0 Å². The number of nitrogens with one attached hydrogen (secondary N) is 2. The Morgan fingerprint density at radius 1 is 1.00 bits per heavy atom. The van der Waals surface area contributed by atoms with Crippen molar-refractivity contribution in [3.63, 3.8) is 0 Å². The molecule has 2 aromatic carbocycles. The van der Waals surface area contributed by atoms with E-state index in [0.29, 0.717) is 10.1 Å². The third-order valence-corrected chi connectivity index (χ3v) is 5.99. The van der Waals surface area contributed by atoms with E-state index in [0.717, 1.165) is 25.5 Å². The number of likely N-dealkylation sites (tertiary alicyclic amines) is 1. The molecule has 3 aromatic rings. The van der Waals surface area contributed by atoms with E-state index in [1.807, 2.05) is 22.6 Å². The number of halogens is 4. The Labute approximate surface area is 197 Å². The maximum absolute atomic E-state index is 14.6. The van der Waals surface area contributed by atoms with Gasteiger partial charge in [0, 0.05) is 10.1 Å². The lowest BCUT2D eigenvalue weighted by atomic mass is 10.1. The number of benzene rings is 2. The number of unbranched alkanes of at least 4 members (excludes halogenated alkanes) is 1. The monoisotopic (exact) mass is 557 g/mol. The van der Waals surface area contributed by atoms with Crippen molar-refractivity contribution in [3.05, 3.63) is 51.4 Å². The van der Waals surface area contributed by atoms with Gasteiger partial charge in [-0.3, -0.25) is 0 Å². The third-order valence-electron chi connectivity index (χ3n) is 5.32. The molecule has 0 bridgehead atoms. The quantitative estimate of drug-likeness (QED) is 0.257.